The maximum Gasteiger partial charge on any atom is 0.169 e. The van der Waals surface area contributed by atoms with E-state index in [0.29, 0.717) is 34.1 Å². The van der Waals surface area contributed by atoms with Crippen molar-refractivity contribution >= 4 is 17.9 Å². The fraction of sp³-hybridized carbons (Fsp3) is 0.188. The zero-order chi connectivity index (χ0) is 14.5. The van der Waals surface area contributed by atoms with Crippen molar-refractivity contribution in [1.82, 2.24) is 0 Å². The van der Waals surface area contributed by atoms with E-state index in [1.807, 2.05) is 18.2 Å². The lowest BCUT2D eigenvalue weighted by atomic mass is 10.1. The van der Waals surface area contributed by atoms with Crippen LogP contribution < -0.4 is 9.47 Å². The molecule has 0 saturated carbocycles. The Morgan fingerprint density at radius 2 is 1.95 bits per heavy atom. The summed E-state index contributed by atoms with van der Waals surface area (Å²) >= 11 is 5.97. The quantitative estimate of drug-likeness (QED) is 0.760. The van der Waals surface area contributed by atoms with E-state index in [2.05, 4.69) is 6.92 Å². The Kier molecular flexibility index (Phi) is 4.64. The van der Waals surface area contributed by atoms with Crippen LogP contribution in [-0.2, 0) is 6.42 Å². The van der Waals surface area contributed by atoms with Gasteiger partial charge in [0.2, 0.25) is 0 Å². The van der Waals surface area contributed by atoms with Gasteiger partial charge in [-0.1, -0.05) is 30.7 Å². The van der Waals surface area contributed by atoms with Crippen LogP contribution in [0.3, 0.4) is 0 Å². The average Bonchev–Trinajstić information content (AvgIpc) is 2.48. The van der Waals surface area contributed by atoms with E-state index < -0.39 is 0 Å². The van der Waals surface area contributed by atoms with Crippen LogP contribution in [0.2, 0.25) is 5.02 Å². The zero-order valence-corrected chi connectivity index (χ0v) is 12.1. The molecule has 2 aromatic carbocycles. The van der Waals surface area contributed by atoms with Crippen molar-refractivity contribution in [2.45, 2.75) is 13.3 Å². The highest BCUT2D eigenvalue weighted by Crippen LogP contribution is 2.35. The number of carbonyl (C=O) groups excluding carboxylic acids is 1. The number of methoxy groups -OCH3 is 1. The van der Waals surface area contributed by atoms with E-state index >= 15 is 0 Å². The molecule has 0 aliphatic carbocycles. The Hall–Kier alpha value is -2.00. The number of benzene rings is 2. The number of carbonyl (C=O) groups is 1. The molecule has 0 aromatic heterocycles. The molecule has 4 heteroatoms. The van der Waals surface area contributed by atoms with Crippen LogP contribution >= 0.6 is 11.6 Å². The Balaban J connectivity index is 2.39. The number of rotatable bonds is 5. The first-order chi connectivity index (χ1) is 9.69. The first kappa shape index (κ1) is 14.4. The molecule has 20 heavy (non-hydrogen) atoms. The molecule has 0 aliphatic heterocycles. The summed E-state index contributed by atoms with van der Waals surface area (Å²) in [5, 5.41) is 0.363. The van der Waals surface area contributed by atoms with Gasteiger partial charge in [0.1, 0.15) is 5.75 Å². The zero-order valence-electron chi connectivity index (χ0n) is 11.4. The van der Waals surface area contributed by atoms with Gasteiger partial charge in [0.05, 0.1) is 17.7 Å². The molecule has 0 unspecified atom stereocenters. The fourth-order valence-corrected chi connectivity index (χ4v) is 2.07. The first-order valence-corrected chi connectivity index (χ1v) is 6.65. The molecule has 0 saturated heterocycles. The number of halogens is 1. The van der Waals surface area contributed by atoms with E-state index in [-0.39, 0.29) is 0 Å². The van der Waals surface area contributed by atoms with Crippen molar-refractivity contribution < 1.29 is 14.3 Å². The van der Waals surface area contributed by atoms with Crippen molar-refractivity contribution in [2.24, 2.45) is 0 Å². The SMILES string of the molecule is CCc1ccc(Oc2cccc(Cl)c2C=O)c(OC)c1. The number of hydrogen-bond donors (Lipinski definition) is 0. The Morgan fingerprint density at radius 1 is 1.15 bits per heavy atom. The van der Waals surface area contributed by atoms with E-state index in [1.165, 1.54) is 0 Å². The second-order valence-corrected chi connectivity index (χ2v) is 4.62. The van der Waals surface area contributed by atoms with Gasteiger partial charge in [0.15, 0.2) is 17.8 Å². The van der Waals surface area contributed by atoms with Crippen LogP contribution in [0.1, 0.15) is 22.8 Å². The van der Waals surface area contributed by atoms with Crippen LogP contribution in [0.5, 0.6) is 17.2 Å². The molecule has 0 atom stereocenters. The summed E-state index contributed by atoms with van der Waals surface area (Å²) in [6, 6.07) is 10.8. The third kappa shape index (κ3) is 2.94. The molecular weight excluding hydrogens is 276 g/mol. The third-order valence-corrected chi connectivity index (χ3v) is 3.32. The smallest absolute Gasteiger partial charge is 0.169 e. The molecule has 0 heterocycles. The van der Waals surface area contributed by atoms with Gasteiger partial charge in [-0.2, -0.15) is 0 Å². The Bertz CT molecular complexity index is 623. The molecule has 0 bridgehead atoms. The van der Waals surface area contributed by atoms with Crippen LogP contribution in [0.25, 0.3) is 0 Å². The van der Waals surface area contributed by atoms with Crippen molar-refractivity contribution in [3.05, 3.63) is 52.5 Å². The summed E-state index contributed by atoms with van der Waals surface area (Å²) in [4.78, 5) is 11.1. The van der Waals surface area contributed by atoms with Crippen molar-refractivity contribution in [3.8, 4) is 17.2 Å². The molecule has 0 amide bonds. The lowest BCUT2D eigenvalue weighted by Gasteiger charge is -2.13. The van der Waals surface area contributed by atoms with Gasteiger partial charge < -0.3 is 9.47 Å². The van der Waals surface area contributed by atoms with Gasteiger partial charge in [-0.25, -0.2) is 0 Å². The molecule has 0 N–H and O–H groups in total. The maximum absolute atomic E-state index is 11.1. The van der Waals surface area contributed by atoms with E-state index in [4.69, 9.17) is 21.1 Å². The van der Waals surface area contributed by atoms with Gasteiger partial charge in [-0.15, -0.1) is 0 Å². The van der Waals surface area contributed by atoms with E-state index in [1.54, 1.807) is 25.3 Å². The Labute approximate surface area is 123 Å². The van der Waals surface area contributed by atoms with Crippen molar-refractivity contribution in [2.75, 3.05) is 7.11 Å². The third-order valence-electron chi connectivity index (χ3n) is 2.99. The van der Waals surface area contributed by atoms with Gasteiger partial charge in [-0.05, 0) is 36.2 Å². The van der Waals surface area contributed by atoms with Crippen molar-refractivity contribution in [3.63, 3.8) is 0 Å². The predicted molar refractivity (Wildman–Crippen MR) is 79.3 cm³/mol. The highest BCUT2D eigenvalue weighted by atomic mass is 35.5. The minimum absolute atomic E-state index is 0.329. The highest BCUT2D eigenvalue weighted by Gasteiger charge is 2.11. The molecule has 0 radical (unpaired) electrons. The van der Waals surface area contributed by atoms with Gasteiger partial charge >= 0.3 is 0 Å². The van der Waals surface area contributed by atoms with Gasteiger partial charge in [0.25, 0.3) is 0 Å². The lowest BCUT2D eigenvalue weighted by Crippen LogP contribution is -1.95. The summed E-state index contributed by atoms with van der Waals surface area (Å²) in [5.41, 5.74) is 1.48. The van der Waals surface area contributed by atoms with E-state index in [9.17, 15) is 4.79 Å². The molecule has 0 spiro atoms. The minimum atomic E-state index is 0.329. The normalized spacial score (nSPS) is 10.2. The summed E-state index contributed by atoms with van der Waals surface area (Å²) in [6.45, 7) is 2.07. The van der Waals surface area contributed by atoms with Crippen molar-refractivity contribution in [1.29, 1.82) is 0 Å². The molecule has 3 nitrogen and oxygen atoms in total. The van der Waals surface area contributed by atoms with Crippen LogP contribution in [0.15, 0.2) is 36.4 Å². The highest BCUT2D eigenvalue weighted by molar-refractivity contribution is 6.33. The topological polar surface area (TPSA) is 35.5 Å². The maximum atomic E-state index is 11.1. The van der Waals surface area contributed by atoms with Crippen LogP contribution in [-0.4, -0.2) is 13.4 Å². The Morgan fingerprint density at radius 3 is 2.60 bits per heavy atom. The largest absolute Gasteiger partial charge is 0.493 e. The van der Waals surface area contributed by atoms with Gasteiger partial charge in [-0.3, -0.25) is 4.79 Å². The molecular formula is C16H15ClO3. The lowest BCUT2D eigenvalue weighted by molar-refractivity contribution is 0.112. The second kappa shape index (κ2) is 6.44. The average molecular weight is 291 g/mol. The fourth-order valence-electron chi connectivity index (χ4n) is 1.86. The summed E-state index contributed by atoms with van der Waals surface area (Å²) in [6.07, 6.45) is 1.60. The van der Waals surface area contributed by atoms with Crippen LogP contribution in [0, 0.1) is 0 Å². The number of ether oxygens (including phenoxy) is 2. The summed E-state index contributed by atoms with van der Waals surface area (Å²) < 4.78 is 11.1. The molecule has 2 aromatic rings. The number of hydrogen-bond acceptors (Lipinski definition) is 3. The number of aryl methyl sites for hydroxylation is 1. The van der Waals surface area contributed by atoms with Crippen LogP contribution in [0.4, 0.5) is 0 Å². The standard InChI is InChI=1S/C16H15ClO3/c1-3-11-7-8-15(16(9-11)19-2)20-14-6-4-5-13(17)12(14)10-18/h4-10H,3H2,1-2H3. The monoisotopic (exact) mass is 290 g/mol. The predicted octanol–water partition coefficient (Wildman–Crippen LogP) is 4.52. The summed E-state index contributed by atoms with van der Waals surface area (Å²) in [5.74, 6) is 1.59. The summed E-state index contributed by atoms with van der Waals surface area (Å²) in [7, 11) is 1.58. The van der Waals surface area contributed by atoms with E-state index in [0.717, 1.165) is 12.0 Å². The molecule has 0 aliphatic rings. The molecule has 0 fully saturated rings. The van der Waals surface area contributed by atoms with Gasteiger partial charge in [0, 0.05) is 0 Å². The molecule has 2 rings (SSSR count). The second-order valence-electron chi connectivity index (χ2n) is 4.21. The molecule has 104 valence electrons. The number of aldehydes is 1. The first-order valence-electron chi connectivity index (χ1n) is 6.28. The minimum Gasteiger partial charge on any atom is -0.493 e.